The predicted molar refractivity (Wildman–Crippen MR) is 69.1 cm³/mol. The molecule has 17 heavy (non-hydrogen) atoms. The first kappa shape index (κ1) is 13.4. The summed E-state index contributed by atoms with van der Waals surface area (Å²) in [4.78, 5) is 0. The Kier molecular flexibility index (Phi) is 3.99. The van der Waals surface area contributed by atoms with E-state index < -0.39 is 0 Å². The average Bonchev–Trinajstić information content (AvgIpc) is 2.24. The molecule has 0 heterocycles. The predicted octanol–water partition coefficient (Wildman–Crippen LogP) is 2.31. The number of methoxy groups -OCH3 is 1. The molecule has 0 amide bonds. The van der Waals surface area contributed by atoms with E-state index in [0.717, 1.165) is 17.1 Å². The van der Waals surface area contributed by atoms with Crippen LogP contribution in [0.2, 0.25) is 0 Å². The molecule has 3 N–H and O–H groups in total. The third-order valence-electron chi connectivity index (χ3n) is 2.38. The van der Waals surface area contributed by atoms with Gasteiger partial charge in [0.15, 0.2) is 0 Å². The Morgan fingerprint density at radius 1 is 1.35 bits per heavy atom. The van der Waals surface area contributed by atoms with Crippen molar-refractivity contribution in [2.24, 2.45) is 5.73 Å². The summed E-state index contributed by atoms with van der Waals surface area (Å²) in [5.41, 5.74) is 6.27. The van der Waals surface area contributed by atoms with Gasteiger partial charge >= 0.3 is 0 Å². The molecule has 0 radical (unpaired) electrons. The monoisotopic (exact) mass is 236 g/mol. The zero-order valence-electron chi connectivity index (χ0n) is 10.8. The first-order valence-electron chi connectivity index (χ1n) is 5.49. The molecule has 0 saturated heterocycles. The molecule has 1 rings (SSSR count). The van der Waals surface area contributed by atoms with Gasteiger partial charge in [-0.2, -0.15) is 0 Å². The van der Waals surface area contributed by atoms with E-state index in [9.17, 15) is 0 Å². The molecule has 0 aliphatic heterocycles. The van der Waals surface area contributed by atoms with E-state index in [0.29, 0.717) is 0 Å². The van der Waals surface area contributed by atoms with Crippen LogP contribution in [0.5, 0.6) is 11.5 Å². The van der Waals surface area contributed by atoms with E-state index in [2.05, 4.69) is 20.8 Å². The third-order valence-corrected chi connectivity index (χ3v) is 2.38. The Bertz CT molecular complexity index is 408. The first-order chi connectivity index (χ1) is 7.84. The molecule has 0 aliphatic carbocycles. The van der Waals surface area contributed by atoms with Gasteiger partial charge in [-0.3, -0.25) is 5.41 Å². The van der Waals surface area contributed by atoms with Gasteiger partial charge in [0, 0.05) is 5.56 Å². The third kappa shape index (κ3) is 3.66. The van der Waals surface area contributed by atoms with Crippen LogP contribution >= 0.6 is 0 Å². The van der Waals surface area contributed by atoms with Crippen LogP contribution in [0.3, 0.4) is 0 Å². The van der Waals surface area contributed by atoms with Gasteiger partial charge in [-0.05, 0) is 23.6 Å². The summed E-state index contributed by atoms with van der Waals surface area (Å²) in [6.45, 7) is 6.41. The normalized spacial score (nSPS) is 11.1. The number of benzene rings is 1. The van der Waals surface area contributed by atoms with Gasteiger partial charge in [-0.1, -0.05) is 20.8 Å². The van der Waals surface area contributed by atoms with E-state index in [4.69, 9.17) is 20.6 Å². The lowest BCUT2D eigenvalue weighted by atomic mass is 9.86. The molecule has 0 saturated carbocycles. The highest BCUT2D eigenvalue weighted by Crippen LogP contribution is 2.34. The van der Waals surface area contributed by atoms with Crippen molar-refractivity contribution in [3.63, 3.8) is 0 Å². The van der Waals surface area contributed by atoms with Crippen LogP contribution in [0, 0.1) is 5.41 Å². The summed E-state index contributed by atoms with van der Waals surface area (Å²) in [5, 5.41) is 7.18. The van der Waals surface area contributed by atoms with Crippen LogP contribution in [0.1, 0.15) is 26.3 Å². The molecule has 4 heteroatoms. The minimum absolute atomic E-state index is 0.0145. The number of amidine groups is 1. The molecular formula is C13H20N2O2. The van der Waals surface area contributed by atoms with Crippen molar-refractivity contribution >= 4 is 5.84 Å². The highest BCUT2D eigenvalue weighted by Gasteiger charge is 2.20. The molecular weight excluding hydrogens is 216 g/mol. The number of hydrogen-bond acceptors (Lipinski definition) is 3. The molecule has 4 nitrogen and oxygen atoms in total. The zero-order chi connectivity index (χ0) is 13.1. The molecule has 1 aromatic rings. The molecule has 94 valence electrons. The van der Waals surface area contributed by atoms with E-state index >= 15 is 0 Å². The maximum Gasteiger partial charge on any atom is 0.145 e. The Hall–Kier alpha value is -1.71. The van der Waals surface area contributed by atoms with Crippen molar-refractivity contribution in [3.8, 4) is 11.5 Å². The maximum atomic E-state index is 7.18. The topological polar surface area (TPSA) is 68.3 Å². The van der Waals surface area contributed by atoms with Gasteiger partial charge in [0.05, 0.1) is 7.11 Å². The summed E-state index contributed by atoms with van der Waals surface area (Å²) in [5.74, 6) is 1.55. The second-order valence-electron chi connectivity index (χ2n) is 4.93. The number of rotatable bonds is 4. The summed E-state index contributed by atoms with van der Waals surface area (Å²) < 4.78 is 10.7. The highest BCUT2D eigenvalue weighted by atomic mass is 16.5. The standard InChI is InChI=1S/C13H20N2O2/c1-13(2,3)10-7-9(16-4)5-6-11(10)17-8-12(14)15/h5-7H,8H2,1-4H3,(H3,14,15). The van der Waals surface area contributed by atoms with Crippen LogP contribution in [-0.4, -0.2) is 19.6 Å². The minimum atomic E-state index is -0.0549. The lowest BCUT2D eigenvalue weighted by Gasteiger charge is -2.23. The van der Waals surface area contributed by atoms with Crippen LogP contribution in [0.4, 0.5) is 0 Å². The second-order valence-corrected chi connectivity index (χ2v) is 4.93. The van der Waals surface area contributed by atoms with E-state index in [1.165, 1.54) is 0 Å². The van der Waals surface area contributed by atoms with Crippen LogP contribution in [0.25, 0.3) is 0 Å². The van der Waals surface area contributed by atoms with Gasteiger partial charge in [0.1, 0.15) is 23.9 Å². The molecule has 1 aromatic carbocycles. The number of hydrogen-bond donors (Lipinski definition) is 2. The Morgan fingerprint density at radius 3 is 2.47 bits per heavy atom. The fourth-order valence-electron chi connectivity index (χ4n) is 1.50. The summed E-state index contributed by atoms with van der Waals surface area (Å²) in [6, 6.07) is 5.64. The molecule has 0 fully saturated rings. The van der Waals surface area contributed by atoms with E-state index in [1.54, 1.807) is 7.11 Å². The molecule has 0 atom stereocenters. The fraction of sp³-hybridized carbons (Fsp3) is 0.462. The van der Waals surface area contributed by atoms with Gasteiger partial charge in [-0.25, -0.2) is 0 Å². The minimum Gasteiger partial charge on any atom is -0.497 e. The molecule has 0 aliphatic rings. The van der Waals surface area contributed by atoms with Crippen LogP contribution < -0.4 is 15.2 Å². The fourth-order valence-corrected chi connectivity index (χ4v) is 1.50. The lowest BCUT2D eigenvalue weighted by Crippen LogP contribution is -2.21. The summed E-state index contributed by atoms with van der Waals surface area (Å²) >= 11 is 0. The van der Waals surface area contributed by atoms with E-state index in [-0.39, 0.29) is 17.9 Å². The molecule has 0 aromatic heterocycles. The largest absolute Gasteiger partial charge is 0.497 e. The first-order valence-corrected chi connectivity index (χ1v) is 5.49. The Balaban J connectivity index is 3.07. The molecule has 0 spiro atoms. The van der Waals surface area contributed by atoms with Crippen molar-refractivity contribution in [3.05, 3.63) is 23.8 Å². The zero-order valence-corrected chi connectivity index (χ0v) is 10.8. The van der Waals surface area contributed by atoms with Gasteiger partial charge in [0.2, 0.25) is 0 Å². The van der Waals surface area contributed by atoms with Gasteiger partial charge in [0.25, 0.3) is 0 Å². The number of nitrogens with one attached hydrogen (secondary N) is 1. The maximum absolute atomic E-state index is 7.18. The average molecular weight is 236 g/mol. The highest BCUT2D eigenvalue weighted by molar-refractivity contribution is 5.78. The molecule has 0 bridgehead atoms. The quantitative estimate of drug-likeness (QED) is 0.622. The second kappa shape index (κ2) is 5.08. The van der Waals surface area contributed by atoms with Crippen LogP contribution in [0.15, 0.2) is 18.2 Å². The molecule has 0 unspecified atom stereocenters. The smallest absolute Gasteiger partial charge is 0.145 e. The van der Waals surface area contributed by atoms with Crippen molar-refractivity contribution in [2.45, 2.75) is 26.2 Å². The summed E-state index contributed by atoms with van der Waals surface area (Å²) in [7, 11) is 1.64. The van der Waals surface area contributed by atoms with Crippen LogP contribution in [-0.2, 0) is 5.41 Å². The van der Waals surface area contributed by atoms with Crippen molar-refractivity contribution in [1.82, 2.24) is 0 Å². The van der Waals surface area contributed by atoms with E-state index in [1.807, 2.05) is 18.2 Å². The number of nitrogens with two attached hydrogens (primary N) is 1. The lowest BCUT2D eigenvalue weighted by molar-refractivity contribution is 0.358. The SMILES string of the molecule is COc1ccc(OCC(=N)N)c(C(C)(C)C)c1. The van der Waals surface area contributed by atoms with Gasteiger partial charge in [-0.15, -0.1) is 0 Å². The summed E-state index contributed by atoms with van der Waals surface area (Å²) in [6.07, 6.45) is 0. The van der Waals surface area contributed by atoms with Crippen molar-refractivity contribution in [2.75, 3.05) is 13.7 Å². The van der Waals surface area contributed by atoms with Gasteiger partial charge < -0.3 is 15.2 Å². The Morgan fingerprint density at radius 2 is 2.00 bits per heavy atom. The van der Waals surface area contributed by atoms with Crippen molar-refractivity contribution < 1.29 is 9.47 Å². The number of ether oxygens (including phenoxy) is 2. The van der Waals surface area contributed by atoms with Crippen molar-refractivity contribution in [1.29, 1.82) is 5.41 Å². The Labute approximate surface area is 102 Å².